The highest BCUT2D eigenvalue weighted by atomic mass is 15.1. The topological polar surface area (TPSA) is 49.8 Å². The average Bonchev–Trinajstić information content (AvgIpc) is 2.68. The van der Waals surface area contributed by atoms with E-state index in [0.717, 1.165) is 41.6 Å². The molecule has 16 heavy (non-hydrogen) atoms. The summed E-state index contributed by atoms with van der Waals surface area (Å²) in [4.78, 5) is 8.66. The molecule has 2 atom stereocenters. The lowest BCUT2D eigenvalue weighted by Gasteiger charge is -2.08. The van der Waals surface area contributed by atoms with Crippen molar-refractivity contribution < 1.29 is 0 Å². The van der Waals surface area contributed by atoms with Gasteiger partial charge in [0.15, 0.2) is 0 Å². The van der Waals surface area contributed by atoms with Crippen molar-refractivity contribution >= 4 is 5.82 Å². The van der Waals surface area contributed by atoms with Crippen LogP contribution >= 0.6 is 0 Å². The van der Waals surface area contributed by atoms with Gasteiger partial charge in [-0.2, -0.15) is 0 Å². The first kappa shape index (κ1) is 10.0. The van der Waals surface area contributed by atoms with E-state index in [-0.39, 0.29) is 0 Å². The third-order valence-corrected chi connectivity index (χ3v) is 3.75. The molecule has 1 aliphatic heterocycles. The molecule has 2 aliphatic rings. The second-order valence-electron chi connectivity index (χ2n) is 4.97. The van der Waals surface area contributed by atoms with Crippen LogP contribution in [0.25, 0.3) is 0 Å². The lowest BCUT2D eigenvalue weighted by molar-refractivity contribution is 0.614. The zero-order valence-electron chi connectivity index (χ0n) is 9.83. The largest absolute Gasteiger partial charge is 0.370 e. The van der Waals surface area contributed by atoms with E-state index in [1.807, 2.05) is 19.9 Å². The summed E-state index contributed by atoms with van der Waals surface area (Å²) in [6, 6.07) is 2.02. The van der Waals surface area contributed by atoms with Crippen molar-refractivity contribution in [1.29, 1.82) is 0 Å². The number of rotatable bonds is 3. The Morgan fingerprint density at radius 2 is 2.06 bits per heavy atom. The first-order valence-electron chi connectivity index (χ1n) is 6.01. The molecular weight excluding hydrogens is 200 g/mol. The molecule has 2 unspecified atom stereocenters. The molecule has 1 aromatic rings. The molecule has 4 heteroatoms. The van der Waals surface area contributed by atoms with Gasteiger partial charge in [-0.15, -0.1) is 0 Å². The Hall–Kier alpha value is -1.16. The maximum Gasteiger partial charge on any atom is 0.129 e. The van der Waals surface area contributed by atoms with Crippen molar-refractivity contribution in [2.45, 2.75) is 13.8 Å². The number of anilines is 1. The molecule has 1 aliphatic carbocycles. The van der Waals surface area contributed by atoms with E-state index >= 15 is 0 Å². The molecular formula is C12H18N4. The number of fused-ring (bicyclic) bond motifs is 1. The summed E-state index contributed by atoms with van der Waals surface area (Å²) in [7, 11) is 0. The lowest BCUT2D eigenvalue weighted by atomic mass is 10.3. The van der Waals surface area contributed by atoms with Crippen LogP contribution < -0.4 is 10.6 Å². The van der Waals surface area contributed by atoms with E-state index in [4.69, 9.17) is 0 Å². The van der Waals surface area contributed by atoms with E-state index in [1.54, 1.807) is 0 Å². The maximum absolute atomic E-state index is 4.39. The summed E-state index contributed by atoms with van der Waals surface area (Å²) in [6.07, 6.45) is 0. The van der Waals surface area contributed by atoms with Crippen LogP contribution in [0, 0.1) is 31.6 Å². The summed E-state index contributed by atoms with van der Waals surface area (Å²) in [5.41, 5.74) is 1.03. The van der Waals surface area contributed by atoms with E-state index in [0.29, 0.717) is 0 Å². The molecule has 86 valence electrons. The quantitative estimate of drug-likeness (QED) is 0.793. The predicted molar refractivity (Wildman–Crippen MR) is 63.3 cm³/mol. The van der Waals surface area contributed by atoms with E-state index in [9.17, 15) is 0 Å². The first-order valence-corrected chi connectivity index (χ1v) is 6.01. The van der Waals surface area contributed by atoms with Crippen LogP contribution in [0.3, 0.4) is 0 Å². The molecule has 1 saturated heterocycles. The third-order valence-electron chi connectivity index (χ3n) is 3.75. The fourth-order valence-electron chi connectivity index (χ4n) is 2.88. The smallest absolute Gasteiger partial charge is 0.129 e. The van der Waals surface area contributed by atoms with Crippen LogP contribution in [-0.2, 0) is 0 Å². The summed E-state index contributed by atoms with van der Waals surface area (Å²) in [5, 5.41) is 6.85. The van der Waals surface area contributed by atoms with Gasteiger partial charge in [0, 0.05) is 18.3 Å². The van der Waals surface area contributed by atoms with Gasteiger partial charge >= 0.3 is 0 Å². The molecule has 2 fully saturated rings. The molecule has 1 saturated carbocycles. The van der Waals surface area contributed by atoms with Crippen LogP contribution in [-0.4, -0.2) is 29.6 Å². The van der Waals surface area contributed by atoms with Gasteiger partial charge in [-0.25, -0.2) is 9.97 Å². The Balaban J connectivity index is 1.58. The van der Waals surface area contributed by atoms with Crippen molar-refractivity contribution in [3.05, 3.63) is 17.6 Å². The number of piperidine rings is 1. The molecule has 0 aromatic carbocycles. The number of hydrogen-bond donors (Lipinski definition) is 2. The minimum absolute atomic E-state index is 0.847. The van der Waals surface area contributed by atoms with Crippen molar-refractivity contribution in [2.75, 3.05) is 25.0 Å². The summed E-state index contributed by atoms with van der Waals surface area (Å²) in [5.74, 6) is 4.51. The highest BCUT2D eigenvalue weighted by molar-refractivity contribution is 5.36. The second kappa shape index (κ2) is 3.70. The van der Waals surface area contributed by atoms with Gasteiger partial charge in [-0.05, 0) is 44.7 Å². The number of nitrogens with one attached hydrogen (secondary N) is 2. The van der Waals surface area contributed by atoms with Crippen molar-refractivity contribution in [1.82, 2.24) is 15.3 Å². The van der Waals surface area contributed by atoms with E-state index < -0.39 is 0 Å². The normalized spacial score (nSPS) is 31.2. The Morgan fingerprint density at radius 1 is 1.31 bits per heavy atom. The third kappa shape index (κ3) is 1.78. The zero-order valence-corrected chi connectivity index (χ0v) is 9.83. The standard InChI is InChI=1S/C12H18N4/c1-7-3-12(16-8(2)15-7)14-6-11-9-4-13-5-10(9)11/h3,9-11,13H,4-6H2,1-2H3,(H,14,15,16). The van der Waals surface area contributed by atoms with Crippen LogP contribution in [0.15, 0.2) is 6.07 Å². The van der Waals surface area contributed by atoms with Gasteiger partial charge < -0.3 is 10.6 Å². The van der Waals surface area contributed by atoms with Gasteiger partial charge in [0.25, 0.3) is 0 Å². The van der Waals surface area contributed by atoms with Crippen LogP contribution in [0.4, 0.5) is 5.82 Å². The van der Waals surface area contributed by atoms with Crippen molar-refractivity contribution in [2.24, 2.45) is 17.8 Å². The van der Waals surface area contributed by atoms with Gasteiger partial charge in [-0.3, -0.25) is 0 Å². The molecule has 0 radical (unpaired) electrons. The molecule has 0 spiro atoms. The number of aromatic nitrogens is 2. The summed E-state index contributed by atoms with van der Waals surface area (Å²) < 4.78 is 0. The lowest BCUT2D eigenvalue weighted by Crippen LogP contribution is -2.19. The Morgan fingerprint density at radius 3 is 2.75 bits per heavy atom. The van der Waals surface area contributed by atoms with Gasteiger partial charge in [-0.1, -0.05) is 0 Å². The maximum atomic E-state index is 4.39. The fourth-order valence-corrected chi connectivity index (χ4v) is 2.88. The van der Waals surface area contributed by atoms with E-state index in [2.05, 4.69) is 20.6 Å². The van der Waals surface area contributed by atoms with Crippen LogP contribution in [0.2, 0.25) is 0 Å². The highest BCUT2D eigenvalue weighted by Crippen LogP contribution is 2.48. The van der Waals surface area contributed by atoms with Crippen LogP contribution in [0.1, 0.15) is 11.5 Å². The minimum atomic E-state index is 0.847. The van der Waals surface area contributed by atoms with Crippen LogP contribution in [0.5, 0.6) is 0 Å². The zero-order chi connectivity index (χ0) is 11.1. The minimum Gasteiger partial charge on any atom is -0.370 e. The average molecular weight is 218 g/mol. The monoisotopic (exact) mass is 218 g/mol. The van der Waals surface area contributed by atoms with Gasteiger partial charge in [0.2, 0.25) is 0 Å². The SMILES string of the molecule is Cc1cc(NCC2C3CNCC32)nc(C)n1. The predicted octanol–water partition coefficient (Wildman–Crippen LogP) is 0.971. The molecule has 3 rings (SSSR count). The highest BCUT2D eigenvalue weighted by Gasteiger charge is 2.52. The fraction of sp³-hybridized carbons (Fsp3) is 0.667. The second-order valence-corrected chi connectivity index (χ2v) is 4.97. The number of hydrogen-bond acceptors (Lipinski definition) is 4. The van der Waals surface area contributed by atoms with Gasteiger partial charge in [0.05, 0.1) is 0 Å². The van der Waals surface area contributed by atoms with E-state index in [1.165, 1.54) is 13.1 Å². The molecule has 4 nitrogen and oxygen atoms in total. The number of nitrogens with zero attached hydrogens (tertiary/aromatic N) is 2. The summed E-state index contributed by atoms with van der Waals surface area (Å²) in [6.45, 7) is 7.42. The molecule has 2 N–H and O–H groups in total. The Bertz CT molecular complexity index is 374. The Labute approximate surface area is 95.9 Å². The van der Waals surface area contributed by atoms with Crippen molar-refractivity contribution in [3.8, 4) is 0 Å². The molecule has 0 bridgehead atoms. The Kier molecular flexibility index (Phi) is 2.32. The number of aryl methyl sites for hydroxylation is 2. The summed E-state index contributed by atoms with van der Waals surface area (Å²) >= 11 is 0. The molecule has 2 heterocycles. The molecule has 1 aromatic heterocycles. The van der Waals surface area contributed by atoms with Gasteiger partial charge in [0.1, 0.15) is 11.6 Å². The van der Waals surface area contributed by atoms with Crippen molar-refractivity contribution in [3.63, 3.8) is 0 Å². The molecule has 0 amide bonds. The first-order chi connectivity index (χ1) is 7.74.